The molecule has 0 saturated heterocycles. The molecule has 0 spiro atoms. The number of ether oxygens (including phenoxy) is 1. The molecule has 1 aliphatic carbocycles. The summed E-state index contributed by atoms with van der Waals surface area (Å²) in [7, 11) is 0. The molecule has 1 fully saturated rings. The summed E-state index contributed by atoms with van der Waals surface area (Å²) < 4.78 is 5.08. The van der Waals surface area contributed by atoms with Crippen molar-refractivity contribution in [3.8, 4) is 0 Å². The SMILES string of the molecule is CC(C)OC(=O)CN(CCO)C1CCC1. The molecule has 0 amide bonds. The predicted molar refractivity (Wildman–Crippen MR) is 57.5 cm³/mol. The van der Waals surface area contributed by atoms with Crippen molar-refractivity contribution >= 4 is 5.97 Å². The van der Waals surface area contributed by atoms with Gasteiger partial charge in [0.15, 0.2) is 0 Å². The summed E-state index contributed by atoms with van der Waals surface area (Å²) in [6, 6.07) is 0.469. The van der Waals surface area contributed by atoms with Gasteiger partial charge >= 0.3 is 5.97 Å². The Labute approximate surface area is 91.2 Å². The molecule has 1 saturated carbocycles. The van der Waals surface area contributed by atoms with Crippen molar-refractivity contribution in [3.05, 3.63) is 0 Å². The summed E-state index contributed by atoms with van der Waals surface area (Å²) in [5.41, 5.74) is 0. The molecule has 0 unspecified atom stereocenters. The molecule has 0 bridgehead atoms. The van der Waals surface area contributed by atoms with Crippen LogP contribution in [0.25, 0.3) is 0 Å². The van der Waals surface area contributed by atoms with E-state index in [0.29, 0.717) is 19.1 Å². The summed E-state index contributed by atoms with van der Waals surface area (Å²) in [5.74, 6) is -0.189. The standard InChI is InChI=1S/C11H21NO3/c1-9(2)15-11(14)8-12(6-7-13)10-4-3-5-10/h9-10,13H,3-8H2,1-2H3. The van der Waals surface area contributed by atoms with Crippen LogP contribution >= 0.6 is 0 Å². The van der Waals surface area contributed by atoms with Gasteiger partial charge in [0.25, 0.3) is 0 Å². The van der Waals surface area contributed by atoms with Crippen molar-refractivity contribution in [2.75, 3.05) is 19.7 Å². The van der Waals surface area contributed by atoms with Gasteiger partial charge in [0.2, 0.25) is 0 Å². The molecule has 0 aromatic carbocycles. The first kappa shape index (κ1) is 12.5. The van der Waals surface area contributed by atoms with Crippen LogP contribution in [0.2, 0.25) is 0 Å². The van der Waals surface area contributed by atoms with Gasteiger partial charge in [-0.05, 0) is 26.7 Å². The fourth-order valence-electron chi connectivity index (χ4n) is 1.74. The number of esters is 1. The Morgan fingerprint density at radius 1 is 1.53 bits per heavy atom. The molecule has 88 valence electrons. The fourth-order valence-corrected chi connectivity index (χ4v) is 1.74. The number of aliphatic hydroxyl groups excluding tert-OH is 1. The first-order valence-electron chi connectivity index (χ1n) is 5.68. The van der Waals surface area contributed by atoms with Crippen LogP contribution in [0.1, 0.15) is 33.1 Å². The average Bonchev–Trinajstić information content (AvgIpc) is 1.98. The van der Waals surface area contributed by atoms with Gasteiger partial charge in [0.1, 0.15) is 0 Å². The largest absolute Gasteiger partial charge is 0.462 e. The van der Waals surface area contributed by atoms with Gasteiger partial charge in [-0.25, -0.2) is 0 Å². The van der Waals surface area contributed by atoms with Crippen molar-refractivity contribution in [1.29, 1.82) is 0 Å². The second-order valence-electron chi connectivity index (χ2n) is 4.32. The maximum absolute atomic E-state index is 11.4. The normalized spacial score (nSPS) is 16.9. The van der Waals surface area contributed by atoms with Gasteiger partial charge in [0, 0.05) is 12.6 Å². The average molecular weight is 215 g/mol. The van der Waals surface area contributed by atoms with Gasteiger partial charge in [-0.15, -0.1) is 0 Å². The van der Waals surface area contributed by atoms with Crippen LogP contribution in [-0.2, 0) is 9.53 Å². The summed E-state index contributed by atoms with van der Waals surface area (Å²) in [6.45, 7) is 4.67. The summed E-state index contributed by atoms with van der Waals surface area (Å²) in [6.07, 6.45) is 3.44. The minimum atomic E-state index is -0.189. The molecule has 1 aliphatic rings. The summed E-state index contributed by atoms with van der Waals surface area (Å²) >= 11 is 0. The van der Waals surface area contributed by atoms with E-state index in [2.05, 4.69) is 0 Å². The maximum atomic E-state index is 11.4. The molecule has 1 rings (SSSR count). The van der Waals surface area contributed by atoms with E-state index in [9.17, 15) is 4.79 Å². The highest BCUT2D eigenvalue weighted by Gasteiger charge is 2.26. The van der Waals surface area contributed by atoms with E-state index < -0.39 is 0 Å². The van der Waals surface area contributed by atoms with Crippen molar-refractivity contribution in [2.45, 2.75) is 45.3 Å². The van der Waals surface area contributed by atoms with Crippen molar-refractivity contribution < 1.29 is 14.6 Å². The molecule has 0 aliphatic heterocycles. The Morgan fingerprint density at radius 2 is 2.20 bits per heavy atom. The van der Waals surface area contributed by atoms with Gasteiger partial charge in [-0.3, -0.25) is 9.69 Å². The third-order valence-corrected chi connectivity index (χ3v) is 2.68. The first-order valence-corrected chi connectivity index (χ1v) is 5.68. The molecule has 4 nitrogen and oxygen atoms in total. The Balaban J connectivity index is 2.32. The number of hydrogen-bond acceptors (Lipinski definition) is 4. The van der Waals surface area contributed by atoms with Gasteiger partial charge in [0.05, 0.1) is 19.3 Å². The lowest BCUT2D eigenvalue weighted by atomic mass is 9.91. The van der Waals surface area contributed by atoms with Crippen molar-refractivity contribution in [3.63, 3.8) is 0 Å². The van der Waals surface area contributed by atoms with Crippen LogP contribution in [0.5, 0.6) is 0 Å². The highest BCUT2D eigenvalue weighted by atomic mass is 16.5. The number of carbonyl (C=O) groups excluding carboxylic acids is 1. The van der Waals surface area contributed by atoms with Crippen LogP contribution in [-0.4, -0.2) is 47.8 Å². The monoisotopic (exact) mass is 215 g/mol. The Bertz CT molecular complexity index is 202. The first-order chi connectivity index (χ1) is 7.13. The third kappa shape index (κ3) is 4.18. The zero-order valence-corrected chi connectivity index (χ0v) is 9.61. The lowest BCUT2D eigenvalue weighted by molar-refractivity contribution is -0.149. The number of carbonyl (C=O) groups is 1. The minimum Gasteiger partial charge on any atom is -0.462 e. The Hall–Kier alpha value is -0.610. The molecular formula is C11H21NO3. The van der Waals surface area contributed by atoms with Crippen LogP contribution in [0.3, 0.4) is 0 Å². The third-order valence-electron chi connectivity index (χ3n) is 2.68. The van der Waals surface area contributed by atoms with Crippen molar-refractivity contribution in [1.82, 2.24) is 4.90 Å². The Kier molecular flexibility index (Phi) is 5.05. The Morgan fingerprint density at radius 3 is 2.60 bits per heavy atom. The van der Waals surface area contributed by atoms with E-state index in [1.165, 1.54) is 6.42 Å². The molecule has 0 atom stereocenters. The summed E-state index contributed by atoms with van der Waals surface area (Å²) in [4.78, 5) is 13.5. The zero-order valence-electron chi connectivity index (χ0n) is 9.61. The number of hydrogen-bond donors (Lipinski definition) is 1. The maximum Gasteiger partial charge on any atom is 0.320 e. The molecule has 1 N–H and O–H groups in total. The van der Waals surface area contributed by atoms with Gasteiger partial charge in [-0.1, -0.05) is 6.42 Å². The minimum absolute atomic E-state index is 0.0603. The van der Waals surface area contributed by atoms with E-state index in [1.807, 2.05) is 18.7 Å². The quantitative estimate of drug-likeness (QED) is 0.665. The van der Waals surface area contributed by atoms with Crippen LogP contribution in [0.15, 0.2) is 0 Å². The summed E-state index contributed by atoms with van der Waals surface area (Å²) in [5, 5.41) is 8.91. The zero-order chi connectivity index (χ0) is 11.3. The van der Waals surface area contributed by atoms with Crippen LogP contribution in [0.4, 0.5) is 0 Å². The fraction of sp³-hybridized carbons (Fsp3) is 0.909. The van der Waals surface area contributed by atoms with E-state index in [-0.39, 0.29) is 18.7 Å². The number of aliphatic hydroxyl groups is 1. The van der Waals surface area contributed by atoms with Gasteiger partial charge < -0.3 is 9.84 Å². The highest BCUT2D eigenvalue weighted by Crippen LogP contribution is 2.24. The molecule has 0 radical (unpaired) electrons. The number of rotatable bonds is 6. The molecule has 0 aromatic heterocycles. The molecule has 0 aromatic rings. The van der Waals surface area contributed by atoms with Crippen molar-refractivity contribution in [2.24, 2.45) is 0 Å². The predicted octanol–water partition coefficient (Wildman–Crippen LogP) is 0.785. The smallest absolute Gasteiger partial charge is 0.320 e. The molecule has 15 heavy (non-hydrogen) atoms. The van der Waals surface area contributed by atoms with Crippen LogP contribution in [0, 0.1) is 0 Å². The number of nitrogens with zero attached hydrogens (tertiary/aromatic N) is 1. The van der Waals surface area contributed by atoms with Crippen LogP contribution < -0.4 is 0 Å². The lowest BCUT2D eigenvalue weighted by Crippen LogP contribution is -2.45. The van der Waals surface area contributed by atoms with Gasteiger partial charge in [-0.2, -0.15) is 0 Å². The second-order valence-corrected chi connectivity index (χ2v) is 4.32. The van der Waals surface area contributed by atoms with E-state index in [1.54, 1.807) is 0 Å². The molecular weight excluding hydrogens is 194 g/mol. The van der Waals surface area contributed by atoms with E-state index >= 15 is 0 Å². The van der Waals surface area contributed by atoms with E-state index in [4.69, 9.17) is 9.84 Å². The second kappa shape index (κ2) is 6.08. The lowest BCUT2D eigenvalue weighted by Gasteiger charge is -2.36. The molecule has 4 heteroatoms. The molecule has 0 heterocycles. The highest BCUT2D eigenvalue weighted by molar-refractivity contribution is 5.71. The van der Waals surface area contributed by atoms with E-state index in [0.717, 1.165) is 12.8 Å². The topological polar surface area (TPSA) is 49.8 Å².